The highest BCUT2D eigenvalue weighted by Crippen LogP contribution is 2.47. The highest BCUT2D eigenvalue weighted by atomic mass is 28.3. The van der Waals surface area contributed by atoms with Crippen LogP contribution in [0.4, 0.5) is 0 Å². The summed E-state index contributed by atoms with van der Waals surface area (Å²) in [7, 11) is 2.11. The minimum absolute atomic E-state index is 0.0937. The van der Waals surface area contributed by atoms with Gasteiger partial charge in [-0.15, -0.1) is 0 Å². The second-order valence-electron chi connectivity index (χ2n) is 9.30. The van der Waals surface area contributed by atoms with Crippen LogP contribution in [0.25, 0.3) is 11.6 Å². The number of quaternary nitrogens is 1. The molecular weight excluding hydrogens is 358 g/mol. The van der Waals surface area contributed by atoms with Crippen LogP contribution < -0.4 is 5.19 Å². The van der Waals surface area contributed by atoms with Crippen molar-refractivity contribution in [1.29, 1.82) is 0 Å². The molecular formula is C25H28NOSi+. The van der Waals surface area contributed by atoms with E-state index in [9.17, 15) is 4.46 Å². The second-order valence-corrected chi connectivity index (χ2v) is 11.6. The molecule has 0 aromatic heterocycles. The predicted octanol–water partition coefficient (Wildman–Crippen LogP) is 4.71. The van der Waals surface area contributed by atoms with Gasteiger partial charge >= 0.3 is 8.84 Å². The van der Waals surface area contributed by atoms with Crippen molar-refractivity contribution in [3.63, 3.8) is 0 Å². The van der Waals surface area contributed by atoms with Crippen LogP contribution in [0.2, 0.25) is 0 Å². The van der Waals surface area contributed by atoms with Gasteiger partial charge in [0.1, 0.15) is 0 Å². The first-order valence-corrected chi connectivity index (χ1v) is 11.2. The molecule has 3 aliphatic rings. The average molecular weight is 387 g/mol. The maximum absolute atomic E-state index is 13.5. The van der Waals surface area contributed by atoms with E-state index in [-0.39, 0.29) is 11.5 Å². The summed E-state index contributed by atoms with van der Waals surface area (Å²) in [5.41, 5.74) is 7.20. The topological polar surface area (TPSA) is 17.1 Å². The van der Waals surface area contributed by atoms with Crippen molar-refractivity contribution < 1.29 is 8.61 Å². The van der Waals surface area contributed by atoms with E-state index >= 15 is 0 Å². The Balaban J connectivity index is 1.83. The lowest BCUT2D eigenvalue weighted by Crippen LogP contribution is -2.63. The molecule has 1 aromatic rings. The third kappa shape index (κ3) is 2.81. The van der Waals surface area contributed by atoms with Crippen LogP contribution in [0.1, 0.15) is 31.9 Å². The van der Waals surface area contributed by atoms with Gasteiger partial charge in [-0.1, -0.05) is 49.1 Å². The number of hydrogen-bond donors (Lipinski definition) is 0. The predicted molar refractivity (Wildman–Crippen MR) is 119 cm³/mol. The van der Waals surface area contributed by atoms with E-state index in [4.69, 9.17) is 0 Å². The fraction of sp³-hybridized carbons (Fsp3) is 0.280. The van der Waals surface area contributed by atoms with Crippen molar-refractivity contribution in [3.8, 4) is 0 Å². The van der Waals surface area contributed by atoms with Gasteiger partial charge in [-0.25, -0.2) is 0 Å². The fourth-order valence-corrected chi connectivity index (χ4v) is 5.72. The molecule has 0 saturated heterocycles. The standard InChI is InChI=1S/C25H28NOSi/c1-17-9-7-11-19-15-23-21(24(17)19)12-8-10-18-13-14-20(16-22(18)23)28(27)26(5,6)25(2,3)4/h7-16,24H,1H2,2-6H3/q+1. The third-order valence-electron chi connectivity index (χ3n) is 6.56. The number of allylic oxidation sites excluding steroid dienone is 10. The summed E-state index contributed by atoms with van der Waals surface area (Å²) < 4.78 is 14.0. The number of nitrogens with zero attached hydrogens (tertiary/aromatic N) is 1. The van der Waals surface area contributed by atoms with Crippen LogP contribution in [0.15, 0.2) is 78.0 Å². The Hall–Kier alpha value is -2.36. The monoisotopic (exact) mass is 386 g/mol. The van der Waals surface area contributed by atoms with Crippen molar-refractivity contribution in [3.05, 3.63) is 89.1 Å². The zero-order valence-corrected chi connectivity index (χ0v) is 18.4. The molecule has 142 valence electrons. The van der Waals surface area contributed by atoms with Crippen LogP contribution in [0.5, 0.6) is 0 Å². The van der Waals surface area contributed by atoms with Gasteiger partial charge in [-0.3, -0.25) is 0 Å². The summed E-state index contributed by atoms with van der Waals surface area (Å²) in [4.78, 5) is 0. The number of fused-ring (bicyclic) bond motifs is 5. The van der Waals surface area contributed by atoms with E-state index in [0.29, 0.717) is 4.15 Å². The van der Waals surface area contributed by atoms with Gasteiger partial charge in [-0.05, 0) is 72.4 Å². The van der Waals surface area contributed by atoms with Gasteiger partial charge in [0.2, 0.25) is 0 Å². The normalized spacial score (nSPS) is 20.5. The minimum atomic E-state index is -2.04. The molecule has 0 heterocycles. The highest BCUT2D eigenvalue weighted by Gasteiger charge is 2.42. The van der Waals surface area contributed by atoms with E-state index in [1.54, 1.807) is 0 Å². The highest BCUT2D eigenvalue weighted by molar-refractivity contribution is 6.52. The molecule has 3 heteroatoms. The molecule has 0 spiro atoms. The fourth-order valence-electron chi connectivity index (χ4n) is 3.98. The Labute approximate surface area is 169 Å². The molecule has 4 rings (SSSR count). The first-order valence-electron chi connectivity index (χ1n) is 9.82. The summed E-state index contributed by atoms with van der Waals surface area (Å²) in [6.45, 7) is 10.7. The molecule has 0 N–H and O–H groups in total. The van der Waals surface area contributed by atoms with E-state index in [2.05, 4.69) is 96.1 Å². The van der Waals surface area contributed by atoms with Crippen molar-refractivity contribution in [2.24, 2.45) is 5.92 Å². The number of benzene rings is 1. The summed E-state index contributed by atoms with van der Waals surface area (Å²) in [6, 6.07) is 6.32. The lowest BCUT2D eigenvalue weighted by molar-refractivity contribution is -0.836. The average Bonchev–Trinajstić information content (AvgIpc) is 2.91. The lowest BCUT2D eigenvalue weighted by atomic mass is 9.84. The number of hydrogen-bond acceptors (Lipinski definition) is 1. The van der Waals surface area contributed by atoms with Crippen LogP contribution in [0, 0.1) is 5.92 Å². The van der Waals surface area contributed by atoms with Gasteiger partial charge in [0.05, 0.1) is 24.8 Å². The van der Waals surface area contributed by atoms with Gasteiger partial charge in [0, 0.05) is 5.92 Å². The third-order valence-corrected chi connectivity index (χ3v) is 9.05. The molecule has 0 radical (unpaired) electrons. The zero-order valence-electron chi connectivity index (χ0n) is 17.4. The molecule has 0 fully saturated rings. The van der Waals surface area contributed by atoms with Crippen molar-refractivity contribution in [1.82, 2.24) is 0 Å². The Morgan fingerprint density at radius 1 is 1.07 bits per heavy atom. The van der Waals surface area contributed by atoms with Gasteiger partial charge < -0.3 is 8.61 Å². The molecule has 0 amide bonds. The van der Waals surface area contributed by atoms with Gasteiger partial charge in [0.15, 0.2) is 0 Å². The maximum Gasteiger partial charge on any atom is 0.591 e. The molecule has 1 aromatic carbocycles. The molecule has 1 unspecified atom stereocenters. The molecule has 0 bridgehead atoms. The minimum Gasteiger partial charge on any atom is -0.325 e. The Morgan fingerprint density at radius 2 is 1.79 bits per heavy atom. The summed E-state index contributed by atoms with van der Waals surface area (Å²) in [6.07, 6.45) is 15.1. The molecule has 1 atom stereocenters. The van der Waals surface area contributed by atoms with Crippen LogP contribution in [-0.4, -0.2) is 32.6 Å². The Morgan fingerprint density at radius 3 is 2.50 bits per heavy atom. The number of rotatable bonds is 2. The van der Waals surface area contributed by atoms with Crippen LogP contribution in [0.3, 0.4) is 0 Å². The van der Waals surface area contributed by atoms with Crippen LogP contribution >= 0.6 is 0 Å². The molecule has 2 nitrogen and oxygen atoms in total. The SMILES string of the molecule is C=C1C=CC=C2C=C3C(=CC=Cc4ccc([Si](=O)[N+](C)(C)C(C)(C)C)cc43)C12. The van der Waals surface area contributed by atoms with Crippen molar-refractivity contribution >= 4 is 25.7 Å². The first-order chi connectivity index (χ1) is 13.1. The second kappa shape index (κ2) is 6.33. The van der Waals surface area contributed by atoms with E-state index in [0.717, 1.165) is 10.8 Å². The molecule has 3 aliphatic carbocycles. The molecule has 28 heavy (non-hydrogen) atoms. The Bertz CT molecular complexity index is 1050. The summed E-state index contributed by atoms with van der Waals surface area (Å²) >= 11 is 0. The largest absolute Gasteiger partial charge is 0.591 e. The van der Waals surface area contributed by atoms with Gasteiger partial charge in [-0.2, -0.15) is 0 Å². The van der Waals surface area contributed by atoms with E-state index < -0.39 is 8.84 Å². The van der Waals surface area contributed by atoms with Crippen molar-refractivity contribution in [2.45, 2.75) is 26.3 Å². The molecule has 0 saturated carbocycles. The van der Waals surface area contributed by atoms with Crippen LogP contribution in [-0.2, 0) is 4.46 Å². The van der Waals surface area contributed by atoms with E-state index in [1.807, 2.05) is 6.07 Å². The first kappa shape index (κ1) is 19.0. The quantitative estimate of drug-likeness (QED) is 0.673. The Kier molecular flexibility index (Phi) is 4.29. The maximum atomic E-state index is 13.5. The summed E-state index contributed by atoms with van der Waals surface area (Å²) in [5.74, 6) is 0.234. The lowest BCUT2D eigenvalue weighted by Gasteiger charge is -2.40. The van der Waals surface area contributed by atoms with Crippen molar-refractivity contribution in [2.75, 3.05) is 14.1 Å². The smallest absolute Gasteiger partial charge is 0.325 e. The van der Waals surface area contributed by atoms with E-state index in [1.165, 1.54) is 27.8 Å². The molecule has 0 aliphatic heterocycles. The van der Waals surface area contributed by atoms with Gasteiger partial charge in [0.25, 0.3) is 0 Å². The zero-order chi connectivity index (χ0) is 20.3. The summed E-state index contributed by atoms with van der Waals surface area (Å²) in [5, 5.41) is 0.944.